The van der Waals surface area contributed by atoms with Crippen LogP contribution in [0.4, 0.5) is 0 Å². The van der Waals surface area contributed by atoms with Crippen LogP contribution in [0.2, 0.25) is 0 Å². The normalized spacial score (nSPS) is 25.2. The lowest BCUT2D eigenvalue weighted by Crippen LogP contribution is -2.25. The van der Waals surface area contributed by atoms with E-state index < -0.39 is 5.97 Å². The van der Waals surface area contributed by atoms with Gasteiger partial charge in [0.05, 0.1) is 11.7 Å². The van der Waals surface area contributed by atoms with Crippen molar-refractivity contribution in [1.82, 2.24) is 0 Å². The van der Waals surface area contributed by atoms with Gasteiger partial charge in [0.2, 0.25) is 5.76 Å². The molecule has 1 aromatic heterocycles. The minimum Gasteiger partial charge on any atom is -0.475 e. The van der Waals surface area contributed by atoms with Gasteiger partial charge in [0.25, 0.3) is 0 Å². The van der Waals surface area contributed by atoms with E-state index in [2.05, 4.69) is 0 Å². The van der Waals surface area contributed by atoms with Crippen LogP contribution in [0.15, 0.2) is 21.6 Å². The summed E-state index contributed by atoms with van der Waals surface area (Å²) in [5, 5.41) is 9.45. The van der Waals surface area contributed by atoms with Gasteiger partial charge in [-0.2, -0.15) is 0 Å². The lowest BCUT2D eigenvalue weighted by molar-refractivity contribution is -0.0268. The molecule has 1 aliphatic heterocycles. The standard InChI is InChI=1S/C14H18O4S/c15-13(16)11-3-4-12(17-11)19-9-10-5-8-14(18-10)6-1-2-7-14/h3-4,10H,1-2,5-9H2,(H,15,16). The Balaban J connectivity index is 1.51. The molecule has 1 N–H and O–H groups in total. The van der Waals surface area contributed by atoms with Gasteiger partial charge in [-0.3, -0.25) is 0 Å². The monoisotopic (exact) mass is 282 g/mol. The number of ether oxygens (including phenoxy) is 1. The molecule has 1 saturated carbocycles. The van der Waals surface area contributed by atoms with Crippen molar-refractivity contribution in [2.24, 2.45) is 0 Å². The third-order valence-electron chi connectivity index (χ3n) is 4.06. The average Bonchev–Trinajstić information content (AvgIpc) is 3.10. The highest BCUT2D eigenvalue weighted by Crippen LogP contribution is 2.44. The Morgan fingerprint density at radius 3 is 2.84 bits per heavy atom. The molecule has 0 radical (unpaired) electrons. The van der Waals surface area contributed by atoms with Crippen LogP contribution in [-0.2, 0) is 4.74 Å². The van der Waals surface area contributed by atoms with Crippen LogP contribution < -0.4 is 0 Å². The van der Waals surface area contributed by atoms with E-state index in [1.807, 2.05) is 0 Å². The first-order valence-corrected chi connectivity index (χ1v) is 7.79. The number of rotatable bonds is 4. The number of carboxylic acids is 1. The molecule has 1 aromatic rings. The van der Waals surface area contributed by atoms with Crippen molar-refractivity contribution in [3.8, 4) is 0 Å². The maximum absolute atomic E-state index is 10.7. The van der Waals surface area contributed by atoms with Crippen LogP contribution in [0.5, 0.6) is 0 Å². The summed E-state index contributed by atoms with van der Waals surface area (Å²) < 4.78 is 11.4. The number of hydrogen-bond acceptors (Lipinski definition) is 4. The fraction of sp³-hybridized carbons (Fsp3) is 0.643. The summed E-state index contributed by atoms with van der Waals surface area (Å²) in [5.74, 6) is -0.176. The summed E-state index contributed by atoms with van der Waals surface area (Å²) >= 11 is 1.54. The molecular weight excluding hydrogens is 264 g/mol. The fourth-order valence-corrected chi connectivity index (χ4v) is 3.99. The van der Waals surface area contributed by atoms with Crippen molar-refractivity contribution in [2.75, 3.05) is 5.75 Å². The Bertz CT molecular complexity index is 462. The van der Waals surface area contributed by atoms with E-state index in [4.69, 9.17) is 14.3 Å². The van der Waals surface area contributed by atoms with E-state index in [-0.39, 0.29) is 17.5 Å². The van der Waals surface area contributed by atoms with Crippen LogP contribution in [0, 0.1) is 0 Å². The number of thioether (sulfide) groups is 1. The van der Waals surface area contributed by atoms with E-state index in [1.54, 1.807) is 17.8 Å². The molecule has 5 heteroatoms. The summed E-state index contributed by atoms with van der Waals surface area (Å²) in [6.45, 7) is 0. The number of carbonyl (C=O) groups is 1. The molecule has 1 atom stereocenters. The highest BCUT2D eigenvalue weighted by Gasteiger charge is 2.41. The second-order valence-electron chi connectivity index (χ2n) is 5.40. The molecule has 0 bridgehead atoms. The molecule has 1 saturated heterocycles. The van der Waals surface area contributed by atoms with E-state index in [0.717, 1.165) is 12.2 Å². The van der Waals surface area contributed by atoms with Crippen molar-refractivity contribution in [3.05, 3.63) is 17.9 Å². The molecule has 0 aromatic carbocycles. The topological polar surface area (TPSA) is 59.7 Å². The quantitative estimate of drug-likeness (QED) is 0.856. The zero-order chi connectivity index (χ0) is 13.3. The highest BCUT2D eigenvalue weighted by molar-refractivity contribution is 7.99. The van der Waals surface area contributed by atoms with Crippen LogP contribution in [-0.4, -0.2) is 28.5 Å². The lowest BCUT2D eigenvalue weighted by Gasteiger charge is -2.23. The largest absolute Gasteiger partial charge is 0.475 e. The molecule has 1 aliphatic carbocycles. The Hall–Kier alpha value is -0.940. The number of furan rings is 1. The second-order valence-corrected chi connectivity index (χ2v) is 6.43. The van der Waals surface area contributed by atoms with Crippen LogP contribution in [0.3, 0.4) is 0 Å². The Labute approximate surface area is 116 Å². The minimum absolute atomic E-state index is 0.00195. The molecule has 104 valence electrons. The lowest BCUT2D eigenvalue weighted by atomic mass is 9.98. The van der Waals surface area contributed by atoms with E-state index in [1.165, 1.54) is 38.2 Å². The Morgan fingerprint density at radius 1 is 1.37 bits per heavy atom. The molecule has 4 nitrogen and oxygen atoms in total. The van der Waals surface area contributed by atoms with Crippen molar-refractivity contribution < 1.29 is 19.1 Å². The second kappa shape index (κ2) is 5.21. The summed E-state index contributed by atoms with van der Waals surface area (Å²) in [6.07, 6.45) is 7.56. The van der Waals surface area contributed by atoms with Crippen molar-refractivity contribution in [2.45, 2.75) is 55.3 Å². The summed E-state index contributed by atoms with van der Waals surface area (Å²) in [5.41, 5.74) is 0.167. The van der Waals surface area contributed by atoms with Gasteiger partial charge < -0.3 is 14.3 Å². The van der Waals surface area contributed by atoms with Gasteiger partial charge in [-0.25, -0.2) is 4.79 Å². The SMILES string of the molecule is O=C(O)c1ccc(SCC2CCC3(CCCC3)O2)o1. The van der Waals surface area contributed by atoms with Gasteiger partial charge in [0.1, 0.15) is 0 Å². The third kappa shape index (κ3) is 2.82. The first-order chi connectivity index (χ1) is 9.17. The number of carboxylic acid groups (broad SMARTS) is 1. The fourth-order valence-electron chi connectivity index (χ4n) is 3.09. The Morgan fingerprint density at radius 2 is 2.16 bits per heavy atom. The molecule has 0 amide bonds. The average molecular weight is 282 g/mol. The zero-order valence-electron chi connectivity index (χ0n) is 10.8. The number of aromatic carboxylic acids is 1. The van der Waals surface area contributed by atoms with Crippen LogP contribution in [0.1, 0.15) is 49.1 Å². The molecule has 1 spiro atoms. The minimum atomic E-state index is -1.02. The van der Waals surface area contributed by atoms with E-state index in [9.17, 15) is 4.79 Å². The van der Waals surface area contributed by atoms with Crippen molar-refractivity contribution in [3.63, 3.8) is 0 Å². The summed E-state index contributed by atoms with van der Waals surface area (Å²) in [7, 11) is 0. The zero-order valence-corrected chi connectivity index (χ0v) is 11.6. The molecular formula is C14H18O4S. The van der Waals surface area contributed by atoms with Gasteiger partial charge in [0.15, 0.2) is 5.09 Å². The highest BCUT2D eigenvalue weighted by atomic mass is 32.2. The van der Waals surface area contributed by atoms with Crippen LogP contribution in [0.25, 0.3) is 0 Å². The smallest absolute Gasteiger partial charge is 0.371 e. The maximum atomic E-state index is 10.7. The molecule has 1 unspecified atom stereocenters. The van der Waals surface area contributed by atoms with Gasteiger partial charge in [-0.05, 0) is 37.8 Å². The van der Waals surface area contributed by atoms with Crippen LogP contribution >= 0.6 is 11.8 Å². The van der Waals surface area contributed by atoms with Gasteiger partial charge in [-0.15, -0.1) is 0 Å². The molecule has 2 aliphatic rings. The first-order valence-electron chi connectivity index (χ1n) is 6.81. The molecule has 19 heavy (non-hydrogen) atoms. The predicted octanol–water partition coefficient (Wildman–Crippen LogP) is 3.56. The van der Waals surface area contributed by atoms with Crippen molar-refractivity contribution >= 4 is 17.7 Å². The van der Waals surface area contributed by atoms with E-state index in [0.29, 0.717) is 5.09 Å². The van der Waals surface area contributed by atoms with Gasteiger partial charge in [-0.1, -0.05) is 24.6 Å². The van der Waals surface area contributed by atoms with Gasteiger partial charge >= 0.3 is 5.97 Å². The summed E-state index contributed by atoms with van der Waals surface area (Å²) in [4.78, 5) is 10.7. The first kappa shape index (κ1) is 13.1. The third-order valence-corrected chi connectivity index (χ3v) is 5.10. The van der Waals surface area contributed by atoms with E-state index >= 15 is 0 Å². The van der Waals surface area contributed by atoms with Gasteiger partial charge in [0, 0.05) is 5.75 Å². The van der Waals surface area contributed by atoms with Crippen molar-refractivity contribution in [1.29, 1.82) is 0 Å². The maximum Gasteiger partial charge on any atom is 0.371 e. The summed E-state index contributed by atoms with van der Waals surface area (Å²) in [6, 6.07) is 3.22. The molecule has 2 heterocycles. The molecule has 2 fully saturated rings. The molecule has 3 rings (SSSR count). The number of hydrogen-bond donors (Lipinski definition) is 1. The Kier molecular flexibility index (Phi) is 3.58. The predicted molar refractivity (Wildman–Crippen MR) is 71.7 cm³/mol.